The van der Waals surface area contributed by atoms with Crippen LogP contribution in [0.2, 0.25) is 0 Å². The zero-order valence-electron chi connectivity index (χ0n) is 12.1. The van der Waals surface area contributed by atoms with Gasteiger partial charge in [0.25, 0.3) is 5.89 Å². The number of H-pyrrole nitrogens is 2. The number of hydrogen-bond acceptors (Lipinski definition) is 5. The highest BCUT2D eigenvalue weighted by Crippen LogP contribution is 2.29. The SMILES string of the molecule is CC(c1noc(-c2cccc3[nH]c(=O)[nH]c23)n1)C1CCCO1. The molecule has 4 rings (SSSR count). The van der Waals surface area contributed by atoms with Crippen molar-refractivity contribution in [1.29, 1.82) is 0 Å². The van der Waals surface area contributed by atoms with E-state index in [2.05, 4.69) is 20.1 Å². The molecule has 1 saturated heterocycles. The number of fused-ring (bicyclic) bond motifs is 1. The maximum atomic E-state index is 11.5. The molecule has 2 atom stereocenters. The lowest BCUT2D eigenvalue weighted by Gasteiger charge is -2.14. The summed E-state index contributed by atoms with van der Waals surface area (Å²) in [5.74, 6) is 1.13. The molecule has 1 aliphatic heterocycles. The van der Waals surface area contributed by atoms with Crippen LogP contribution in [-0.2, 0) is 4.74 Å². The molecule has 2 N–H and O–H groups in total. The van der Waals surface area contributed by atoms with E-state index < -0.39 is 0 Å². The molecule has 0 bridgehead atoms. The highest BCUT2D eigenvalue weighted by atomic mass is 16.5. The van der Waals surface area contributed by atoms with Gasteiger partial charge in [0.15, 0.2) is 5.82 Å². The van der Waals surface area contributed by atoms with Crippen LogP contribution >= 0.6 is 0 Å². The molecule has 3 aromatic rings. The summed E-state index contributed by atoms with van der Waals surface area (Å²) >= 11 is 0. The maximum Gasteiger partial charge on any atom is 0.323 e. The first-order valence-electron chi connectivity index (χ1n) is 7.39. The van der Waals surface area contributed by atoms with Gasteiger partial charge in [-0.25, -0.2) is 4.79 Å². The topological polar surface area (TPSA) is 96.8 Å². The van der Waals surface area contributed by atoms with Crippen molar-refractivity contribution in [3.8, 4) is 11.5 Å². The van der Waals surface area contributed by atoms with Crippen molar-refractivity contribution in [3.05, 3.63) is 34.5 Å². The number of hydrogen-bond donors (Lipinski definition) is 2. The van der Waals surface area contributed by atoms with Crippen LogP contribution in [-0.4, -0.2) is 32.8 Å². The first-order chi connectivity index (χ1) is 10.7. The Labute approximate surface area is 125 Å². The van der Waals surface area contributed by atoms with Crippen LogP contribution in [0.4, 0.5) is 0 Å². The molecular weight excluding hydrogens is 284 g/mol. The summed E-state index contributed by atoms with van der Waals surface area (Å²) in [5, 5.41) is 4.08. The molecule has 3 heterocycles. The standard InChI is InChI=1S/C15H16N4O3/c1-8(11-6-3-7-21-11)13-18-14(22-19-13)9-4-2-5-10-12(9)17-15(20)16-10/h2,4-5,8,11H,3,6-7H2,1H3,(H2,16,17,20). The lowest BCUT2D eigenvalue weighted by Crippen LogP contribution is -2.15. The van der Waals surface area contributed by atoms with Gasteiger partial charge in [-0.2, -0.15) is 4.98 Å². The van der Waals surface area contributed by atoms with Crippen molar-refractivity contribution in [2.45, 2.75) is 31.8 Å². The van der Waals surface area contributed by atoms with Crippen LogP contribution in [0.15, 0.2) is 27.5 Å². The fourth-order valence-electron chi connectivity index (χ4n) is 2.93. The van der Waals surface area contributed by atoms with E-state index in [0.29, 0.717) is 22.8 Å². The molecule has 2 unspecified atom stereocenters. The normalized spacial score (nSPS) is 19.8. The Morgan fingerprint density at radius 1 is 1.36 bits per heavy atom. The molecule has 7 heteroatoms. The molecule has 114 valence electrons. The van der Waals surface area contributed by atoms with Crippen LogP contribution in [0.1, 0.15) is 31.5 Å². The Bertz CT molecular complexity index is 857. The zero-order chi connectivity index (χ0) is 15.1. The van der Waals surface area contributed by atoms with E-state index in [1.54, 1.807) is 0 Å². The van der Waals surface area contributed by atoms with Gasteiger partial charge in [-0.05, 0) is 25.0 Å². The number of rotatable bonds is 3. The van der Waals surface area contributed by atoms with Gasteiger partial charge < -0.3 is 19.2 Å². The summed E-state index contributed by atoms with van der Waals surface area (Å²) in [6.45, 7) is 2.84. The van der Waals surface area contributed by atoms with Crippen molar-refractivity contribution in [2.75, 3.05) is 6.61 Å². The van der Waals surface area contributed by atoms with E-state index in [1.807, 2.05) is 25.1 Å². The quantitative estimate of drug-likeness (QED) is 0.772. The molecule has 0 saturated carbocycles. The first-order valence-corrected chi connectivity index (χ1v) is 7.39. The molecule has 0 amide bonds. The molecule has 1 aromatic carbocycles. The van der Waals surface area contributed by atoms with Gasteiger partial charge in [-0.1, -0.05) is 18.1 Å². The second-order valence-corrected chi connectivity index (χ2v) is 5.61. The summed E-state index contributed by atoms with van der Waals surface area (Å²) in [7, 11) is 0. The summed E-state index contributed by atoms with van der Waals surface area (Å²) in [6, 6.07) is 5.51. The van der Waals surface area contributed by atoms with Crippen LogP contribution < -0.4 is 5.69 Å². The van der Waals surface area contributed by atoms with Gasteiger partial charge in [0.2, 0.25) is 0 Å². The van der Waals surface area contributed by atoms with Crippen LogP contribution in [0.5, 0.6) is 0 Å². The van der Waals surface area contributed by atoms with Crippen molar-refractivity contribution in [2.24, 2.45) is 0 Å². The Balaban J connectivity index is 1.72. The van der Waals surface area contributed by atoms with Crippen molar-refractivity contribution >= 4 is 11.0 Å². The predicted molar refractivity (Wildman–Crippen MR) is 79.6 cm³/mol. The van der Waals surface area contributed by atoms with E-state index in [0.717, 1.165) is 25.0 Å². The van der Waals surface area contributed by atoms with Crippen molar-refractivity contribution in [3.63, 3.8) is 0 Å². The number of nitrogens with zero attached hydrogens (tertiary/aromatic N) is 2. The largest absolute Gasteiger partial charge is 0.377 e. The number of aromatic nitrogens is 4. The van der Waals surface area contributed by atoms with Crippen molar-refractivity contribution < 1.29 is 9.26 Å². The fourth-order valence-corrected chi connectivity index (χ4v) is 2.93. The minimum atomic E-state index is -0.255. The third-order valence-electron chi connectivity index (χ3n) is 4.15. The summed E-state index contributed by atoms with van der Waals surface area (Å²) in [6.07, 6.45) is 2.24. The Kier molecular flexibility index (Phi) is 3.07. The Morgan fingerprint density at radius 3 is 3.09 bits per heavy atom. The van der Waals surface area contributed by atoms with Gasteiger partial charge in [-0.15, -0.1) is 0 Å². The number of ether oxygens (including phenoxy) is 1. The number of imidazole rings is 1. The molecule has 0 spiro atoms. The monoisotopic (exact) mass is 300 g/mol. The average Bonchev–Trinajstić information content (AvgIpc) is 3.25. The lowest BCUT2D eigenvalue weighted by molar-refractivity contribution is 0.0902. The second kappa shape index (κ2) is 5.10. The molecule has 22 heavy (non-hydrogen) atoms. The maximum absolute atomic E-state index is 11.5. The van der Waals surface area contributed by atoms with Gasteiger partial charge in [0, 0.05) is 12.5 Å². The van der Waals surface area contributed by atoms with E-state index in [4.69, 9.17) is 9.26 Å². The fraction of sp³-hybridized carbons (Fsp3) is 0.400. The average molecular weight is 300 g/mol. The predicted octanol–water partition coefficient (Wildman–Crippen LogP) is 2.19. The summed E-state index contributed by atoms with van der Waals surface area (Å²) < 4.78 is 11.1. The Morgan fingerprint density at radius 2 is 2.27 bits per heavy atom. The van der Waals surface area contributed by atoms with Gasteiger partial charge in [-0.3, -0.25) is 0 Å². The molecule has 0 radical (unpaired) electrons. The highest BCUT2D eigenvalue weighted by molar-refractivity contribution is 5.89. The van der Waals surface area contributed by atoms with Crippen LogP contribution in [0, 0.1) is 0 Å². The number of benzene rings is 1. The lowest BCUT2D eigenvalue weighted by atomic mass is 10.0. The zero-order valence-corrected chi connectivity index (χ0v) is 12.1. The minimum Gasteiger partial charge on any atom is -0.377 e. The molecule has 1 aliphatic rings. The third kappa shape index (κ3) is 2.14. The highest BCUT2D eigenvalue weighted by Gasteiger charge is 2.27. The van der Waals surface area contributed by atoms with Gasteiger partial charge in [0.05, 0.1) is 22.7 Å². The Hall–Kier alpha value is -2.41. The minimum absolute atomic E-state index is 0.0875. The number of aromatic amines is 2. The van der Waals surface area contributed by atoms with Crippen LogP contribution in [0.3, 0.4) is 0 Å². The third-order valence-corrected chi connectivity index (χ3v) is 4.15. The molecule has 0 aliphatic carbocycles. The van der Waals surface area contributed by atoms with Crippen molar-refractivity contribution in [1.82, 2.24) is 20.1 Å². The van der Waals surface area contributed by atoms with E-state index in [1.165, 1.54) is 0 Å². The van der Waals surface area contributed by atoms with Gasteiger partial charge >= 0.3 is 5.69 Å². The number of nitrogens with one attached hydrogen (secondary N) is 2. The second-order valence-electron chi connectivity index (χ2n) is 5.61. The molecular formula is C15H16N4O3. The van der Waals surface area contributed by atoms with E-state index >= 15 is 0 Å². The molecule has 1 fully saturated rings. The molecule has 2 aromatic heterocycles. The smallest absolute Gasteiger partial charge is 0.323 e. The van der Waals surface area contributed by atoms with E-state index in [-0.39, 0.29) is 17.7 Å². The number of para-hydroxylation sites is 1. The molecule has 7 nitrogen and oxygen atoms in total. The van der Waals surface area contributed by atoms with E-state index in [9.17, 15) is 4.79 Å². The summed E-state index contributed by atoms with van der Waals surface area (Å²) in [5.41, 5.74) is 1.85. The first kappa shape index (κ1) is 13.3. The van der Waals surface area contributed by atoms with Crippen LogP contribution in [0.25, 0.3) is 22.5 Å². The summed E-state index contributed by atoms with van der Waals surface area (Å²) in [4.78, 5) is 21.4. The van der Waals surface area contributed by atoms with Gasteiger partial charge in [0.1, 0.15) is 0 Å².